The van der Waals surface area contributed by atoms with Crippen LogP contribution in [-0.2, 0) is 0 Å². The number of rotatable bonds is 4. The third-order valence-corrected chi connectivity index (χ3v) is 2.18. The maximum absolute atomic E-state index is 5.93. The number of nitrogens with zero attached hydrogens (tertiary/aromatic N) is 1. The van der Waals surface area contributed by atoms with Gasteiger partial charge >= 0.3 is 0 Å². The number of aryl methyl sites for hydroxylation is 1. The molecule has 0 bridgehead atoms. The number of pyridine rings is 1. The Morgan fingerprint density at radius 1 is 1.57 bits per heavy atom. The minimum Gasteiger partial charge on any atom is -0.319 e. The zero-order valence-electron chi connectivity index (χ0n) is 8.55. The van der Waals surface area contributed by atoms with Crippen LogP contribution < -0.4 is 5.32 Å². The lowest BCUT2D eigenvalue weighted by Gasteiger charge is -1.98. The van der Waals surface area contributed by atoms with Crippen molar-refractivity contribution in [2.75, 3.05) is 13.6 Å². The second kappa shape index (κ2) is 5.78. The lowest BCUT2D eigenvalue weighted by Crippen LogP contribution is -2.05. The number of halogens is 1. The van der Waals surface area contributed by atoms with E-state index in [1.54, 1.807) is 6.20 Å². The maximum Gasteiger partial charge on any atom is 0.136 e. The van der Waals surface area contributed by atoms with Crippen LogP contribution in [0.15, 0.2) is 18.3 Å². The number of aromatic nitrogens is 1. The van der Waals surface area contributed by atoms with Gasteiger partial charge in [0.05, 0.1) is 0 Å². The molecule has 0 aliphatic rings. The maximum atomic E-state index is 5.93. The van der Waals surface area contributed by atoms with Gasteiger partial charge in [-0.1, -0.05) is 23.8 Å². The average molecular weight is 211 g/mol. The van der Waals surface area contributed by atoms with Crippen molar-refractivity contribution in [2.45, 2.75) is 13.3 Å². The van der Waals surface area contributed by atoms with E-state index in [0.29, 0.717) is 5.15 Å². The summed E-state index contributed by atoms with van der Waals surface area (Å²) in [6.45, 7) is 2.99. The Bertz CT molecular complexity index is 321. The molecule has 0 saturated carbocycles. The topological polar surface area (TPSA) is 24.9 Å². The zero-order chi connectivity index (χ0) is 10.4. The highest BCUT2D eigenvalue weighted by Crippen LogP contribution is 2.15. The summed E-state index contributed by atoms with van der Waals surface area (Å²) < 4.78 is 0. The van der Waals surface area contributed by atoms with Crippen LogP contribution in [0.3, 0.4) is 0 Å². The van der Waals surface area contributed by atoms with E-state index in [0.717, 1.165) is 24.1 Å². The van der Waals surface area contributed by atoms with Crippen LogP contribution in [0.5, 0.6) is 0 Å². The first-order valence-corrected chi connectivity index (χ1v) is 5.05. The van der Waals surface area contributed by atoms with Gasteiger partial charge in [-0.3, -0.25) is 0 Å². The Hall–Kier alpha value is -0.860. The highest BCUT2D eigenvalue weighted by molar-refractivity contribution is 6.30. The molecule has 0 radical (unpaired) electrons. The van der Waals surface area contributed by atoms with Crippen LogP contribution in [0.2, 0.25) is 5.15 Å². The molecule has 1 N–H and O–H groups in total. The molecule has 0 aromatic carbocycles. The van der Waals surface area contributed by atoms with Gasteiger partial charge in [-0.25, -0.2) is 4.98 Å². The normalized spacial score (nSPS) is 11.1. The first kappa shape index (κ1) is 11.2. The molecule has 3 heteroatoms. The second-order valence-corrected chi connectivity index (χ2v) is 3.55. The molecule has 0 aliphatic heterocycles. The first-order valence-electron chi connectivity index (χ1n) is 4.67. The highest BCUT2D eigenvalue weighted by atomic mass is 35.5. The van der Waals surface area contributed by atoms with Crippen LogP contribution in [-0.4, -0.2) is 18.6 Å². The predicted octanol–water partition coefficient (Wildman–Crippen LogP) is 2.67. The minimum atomic E-state index is 0.566. The van der Waals surface area contributed by atoms with Gasteiger partial charge in [-0.15, -0.1) is 0 Å². The molecule has 1 aromatic heterocycles. The molecule has 2 nitrogen and oxygen atoms in total. The zero-order valence-corrected chi connectivity index (χ0v) is 9.30. The molecule has 1 aromatic rings. The molecule has 0 atom stereocenters. The van der Waals surface area contributed by atoms with Gasteiger partial charge in [0, 0.05) is 11.8 Å². The van der Waals surface area contributed by atoms with E-state index >= 15 is 0 Å². The largest absolute Gasteiger partial charge is 0.319 e. The minimum absolute atomic E-state index is 0.566. The average Bonchev–Trinajstić information content (AvgIpc) is 2.18. The van der Waals surface area contributed by atoms with Gasteiger partial charge in [0.15, 0.2) is 0 Å². The highest BCUT2D eigenvalue weighted by Gasteiger charge is 1.96. The molecule has 0 saturated heterocycles. The molecule has 14 heavy (non-hydrogen) atoms. The quantitative estimate of drug-likeness (QED) is 0.611. The van der Waals surface area contributed by atoms with E-state index in [-0.39, 0.29) is 0 Å². The van der Waals surface area contributed by atoms with Crippen LogP contribution in [0.4, 0.5) is 0 Å². The molecule has 0 fully saturated rings. The summed E-state index contributed by atoms with van der Waals surface area (Å²) >= 11 is 5.93. The van der Waals surface area contributed by atoms with Crippen molar-refractivity contribution >= 4 is 17.7 Å². The number of hydrogen-bond acceptors (Lipinski definition) is 2. The Balaban J connectivity index is 2.65. The molecule has 0 aliphatic carbocycles. The lowest BCUT2D eigenvalue weighted by atomic mass is 10.2. The number of nitrogens with one attached hydrogen (secondary N) is 1. The third-order valence-electron chi connectivity index (χ3n) is 1.86. The van der Waals surface area contributed by atoms with Crippen molar-refractivity contribution in [1.29, 1.82) is 0 Å². The smallest absolute Gasteiger partial charge is 0.136 e. The summed E-state index contributed by atoms with van der Waals surface area (Å²) in [6.07, 6.45) is 6.88. The van der Waals surface area contributed by atoms with Gasteiger partial charge < -0.3 is 5.32 Å². The van der Waals surface area contributed by atoms with Crippen molar-refractivity contribution < 1.29 is 0 Å². The standard InChI is InChI=1S/C11H15ClN2/c1-9-7-10(11(12)14-8-9)5-3-4-6-13-2/h3,5,7-8,13H,4,6H2,1-2H3. The van der Waals surface area contributed by atoms with Crippen LogP contribution >= 0.6 is 11.6 Å². The van der Waals surface area contributed by atoms with Crippen LogP contribution in [0, 0.1) is 6.92 Å². The molecule has 0 amide bonds. The van der Waals surface area contributed by atoms with E-state index in [1.165, 1.54) is 0 Å². The first-order chi connectivity index (χ1) is 6.74. The van der Waals surface area contributed by atoms with Crippen LogP contribution in [0.1, 0.15) is 17.5 Å². The fourth-order valence-corrected chi connectivity index (χ4v) is 1.30. The summed E-state index contributed by atoms with van der Waals surface area (Å²) in [4.78, 5) is 4.08. The van der Waals surface area contributed by atoms with Gasteiger partial charge in [-0.05, 0) is 38.6 Å². The van der Waals surface area contributed by atoms with Crippen LogP contribution in [0.25, 0.3) is 6.08 Å². The van der Waals surface area contributed by atoms with Crippen molar-refractivity contribution in [2.24, 2.45) is 0 Å². The Morgan fingerprint density at radius 2 is 2.36 bits per heavy atom. The van der Waals surface area contributed by atoms with E-state index in [1.807, 2.05) is 26.1 Å². The van der Waals surface area contributed by atoms with Gasteiger partial charge in [0.25, 0.3) is 0 Å². The second-order valence-electron chi connectivity index (χ2n) is 3.19. The molecule has 76 valence electrons. The van der Waals surface area contributed by atoms with Gasteiger partial charge in [-0.2, -0.15) is 0 Å². The van der Waals surface area contributed by atoms with E-state index in [4.69, 9.17) is 11.6 Å². The number of hydrogen-bond donors (Lipinski definition) is 1. The molecule has 1 heterocycles. The van der Waals surface area contributed by atoms with Crippen molar-refractivity contribution in [3.8, 4) is 0 Å². The summed E-state index contributed by atoms with van der Waals surface area (Å²) in [7, 11) is 1.94. The van der Waals surface area contributed by atoms with E-state index in [2.05, 4.69) is 16.4 Å². The SMILES string of the molecule is CNCCC=Cc1cc(C)cnc1Cl. The summed E-state index contributed by atoms with van der Waals surface area (Å²) in [5.41, 5.74) is 2.12. The summed E-state index contributed by atoms with van der Waals surface area (Å²) in [6, 6.07) is 2.03. The van der Waals surface area contributed by atoms with E-state index < -0.39 is 0 Å². The van der Waals surface area contributed by atoms with Crippen molar-refractivity contribution in [1.82, 2.24) is 10.3 Å². The molecule has 1 rings (SSSR count). The predicted molar refractivity (Wildman–Crippen MR) is 61.6 cm³/mol. The Morgan fingerprint density at radius 3 is 3.07 bits per heavy atom. The summed E-state index contributed by atoms with van der Waals surface area (Å²) in [5.74, 6) is 0. The molecule has 0 spiro atoms. The molecular weight excluding hydrogens is 196 g/mol. The molecule has 0 unspecified atom stereocenters. The van der Waals surface area contributed by atoms with Crippen molar-refractivity contribution in [3.05, 3.63) is 34.6 Å². The fraction of sp³-hybridized carbons (Fsp3) is 0.364. The fourth-order valence-electron chi connectivity index (χ4n) is 1.13. The van der Waals surface area contributed by atoms with Crippen molar-refractivity contribution in [3.63, 3.8) is 0 Å². The molecular formula is C11H15ClN2. The third kappa shape index (κ3) is 3.48. The monoisotopic (exact) mass is 210 g/mol. The summed E-state index contributed by atoms with van der Waals surface area (Å²) in [5, 5.41) is 3.65. The van der Waals surface area contributed by atoms with Gasteiger partial charge in [0.2, 0.25) is 0 Å². The van der Waals surface area contributed by atoms with E-state index in [9.17, 15) is 0 Å². The van der Waals surface area contributed by atoms with Gasteiger partial charge in [0.1, 0.15) is 5.15 Å². The Kier molecular flexibility index (Phi) is 4.63. The Labute approximate surface area is 90.0 Å². The lowest BCUT2D eigenvalue weighted by molar-refractivity contribution is 0.809.